The molecule has 2 atom stereocenters. The van der Waals surface area contributed by atoms with Crippen LogP contribution in [0.3, 0.4) is 0 Å². The second kappa shape index (κ2) is 4.07. The first-order valence-corrected chi connectivity index (χ1v) is 8.49. The Kier molecular flexibility index (Phi) is 2.39. The third-order valence-corrected chi connectivity index (χ3v) is 6.27. The van der Waals surface area contributed by atoms with E-state index in [1.165, 1.54) is 57.2 Å². The molecule has 0 N–H and O–H groups in total. The maximum absolute atomic E-state index is 4.86. The van der Waals surface area contributed by atoms with E-state index in [1.807, 2.05) is 5.57 Å². The maximum atomic E-state index is 4.86. The van der Waals surface area contributed by atoms with Crippen molar-refractivity contribution in [3.8, 4) is 0 Å². The Bertz CT molecular complexity index is 562. The van der Waals surface area contributed by atoms with E-state index in [-0.39, 0.29) is 0 Å². The molecule has 2 unspecified atom stereocenters. The summed E-state index contributed by atoms with van der Waals surface area (Å²) < 4.78 is 0. The lowest BCUT2D eigenvalue weighted by molar-refractivity contribution is 0.214. The molecule has 1 saturated carbocycles. The van der Waals surface area contributed by atoms with E-state index in [9.17, 15) is 0 Å². The van der Waals surface area contributed by atoms with Crippen LogP contribution in [0.1, 0.15) is 44.9 Å². The van der Waals surface area contributed by atoms with Crippen LogP contribution in [0.5, 0.6) is 0 Å². The van der Waals surface area contributed by atoms with Gasteiger partial charge in [-0.25, -0.2) is 0 Å². The van der Waals surface area contributed by atoms with Crippen LogP contribution in [0.2, 0.25) is 0 Å². The molecule has 3 aliphatic carbocycles. The van der Waals surface area contributed by atoms with Gasteiger partial charge in [-0.3, -0.25) is 9.89 Å². The second-order valence-electron chi connectivity index (χ2n) is 7.54. The standard InChI is InChI=1S/C18H24N2/c1-20-10-15-12(8-17(20)11-5-6-11)7-13-9-19-16-4-2-3-14(15)18(13)16/h11,13,17H,2-10H2,1H3. The molecule has 2 heteroatoms. The smallest absolute Gasteiger partial charge is 0.0465 e. The Morgan fingerprint density at radius 3 is 2.85 bits per heavy atom. The van der Waals surface area contributed by atoms with Crippen LogP contribution < -0.4 is 0 Å². The van der Waals surface area contributed by atoms with E-state index in [1.54, 1.807) is 16.7 Å². The van der Waals surface area contributed by atoms with E-state index >= 15 is 0 Å². The minimum Gasteiger partial charge on any atom is -0.299 e. The van der Waals surface area contributed by atoms with Gasteiger partial charge in [0, 0.05) is 30.8 Å². The van der Waals surface area contributed by atoms with Crippen molar-refractivity contribution >= 4 is 5.71 Å². The molecule has 106 valence electrons. The quantitative estimate of drug-likeness (QED) is 0.712. The highest BCUT2D eigenvalue weighted by atomic mass is 15.1. The van der Waals surface area contributed by atoms with E-state index in [0.29, 0.717) is 0 Å². The van der Waals surface area contributed by atoms with E-state index in [4.69, 9.17) is 4.99 Å². The van der Waals surface area contributed by atoms with Crippen molar-refractivity contribution < 1.29 is 0 Å². The summed E-state index contributed by atoms with van der Waals surface area (Å²) in [7, 11) is 2.36. The van der Waals surface area contributed by atoms with Crippen LogP contribution in [0.4, 0.5) is 0 Å². The Labute approximate surface area is 121 Å². The average molecular weight is 268 g/mol. The molecule has 0 aromatic rings. The largest absolute Gasteiger partial charge is 0.299 e. The molecule has 5 rings (SSSR count). The SMILES string of the molecule is CN1CC2=C(CC3CN=C4CCCC2=C43)CC1C1CC1. The summed E-state index contributed by atoms with van der Waals surface area (Å²) in [4.78, 5) is 7.52. The zero-order valence-electron chi connectivity index (χ0n) is 12.5. The molecule has 20 heavy (non-hydrogen) atoms. The van der Waals surface area contributed by atoms with Crippen LogP contribution in [-0.4, -0.2) is 36.8 Å². The molecule has 0 spiro atoms. The summed E-state index contributed by atoms with van der Waals surface area (Å²) >= 11 is 0. The predicted molar refractivity (Wildman–Crippen MR) is 82.1 cm³/mol. The molecule has 5 aliphatic rings. The zero-order valence-corrected chi connectivity index (χ0v) is 12.5. The van der Waals surface area contributed by atoms with E-state index in [2.05, 4.69) is 11.9 Å². The average Bonchev–Trinajstić information content (AvgIpc) is 3.22. The monoisotopic (exact) mass is 268 g/mol. The summed E-state index contributed by atoms with van der Waals surface area (Å²) in [5.41, 5.74) is 8.48. The lowest BCUT2D eigenvalue weighted by Gasteiger charge is -2.41. The van der Waals surface area contributed by atoms with Crippen molar-refractivity contribution in [2.75, 3.05) is 20.1 Å². The number of fused-ring (bicyclic) bond motifs is 1. The fraction of sp³-hybridized carbons (Fsp3) is 0.722. The molecule has 2 heterocycles. The molecule has 0 aromatic carbocycles. The number of nitrogens with zero attached hydrogens (tertiary/aromatic N) is 2. The Morgan fingerprint density at radius 2 is 2.00 bits per heavy atom. The van der Waals surface area contributed by atoms with Gasteiger partial charge in [-0.05, 0) is 74.6 Å². The van der Waals surface area contributed by atoms with Gasteiger partial charge in [0.15, 0.2) is 0 Å². The molecular formula is C18H24N2. The van der Waals surface area contributed by atoms with Crippen LogP contribution in [0, 0.1) is 11.8 Å². The van der Waals surface area contributed by atoms with Gasteiger partial charge in [0.25, 0.3) is 0 Å². The van der Waals surface area contributed by atoms with Gasteiger partial charge in [-0.1, -0.05) is 5.57 Å². The van der Waals surface area contributed by atoms with Crippen molar-refractivity contribution in [3.63, 3.8) is 0 Å². The van der Waals surface area contributed by atoms with Crippen molar-refractivity contribution in [3.05, 3.63) is 22.3 Å². The number of likely N-dealkylation sites (N-methyl/N-ethyl adjacent to an activating group) is 1. The van der Waals surface area contributed by atoms with Gasteiger partial charge in [0.1, 0.15) is 0 Å². The Morgan fingerprint density at radius 1 is 1.10 bits per heavy atom. The molecule has 2 nitrogen and oxygen atoms in total. The Balaban J connectivity index is 1.56. The van der Waals surface area contributed by atoms with Gasteiger partial charge >= 0.3 is 0 Å². The first kappa shape index (κ1) is 11.7. The summed E-state index contributed by atoms with van der Waals surface area (Å²) in [5, 5.41) is 0. The Hall–Kier alpha value is -0.890. The van der Waals surface area contributed by atoms with Crippen molar-refractivity contribution in [2.24, 2.45) is 16.8 Å². The maximum Gasteiger partial charge on any atom is 0.0465 e. The predicted octanol–water partition coefficient (Wildman–Crippen LogP) is 3.35. The van der Waals surface area contributed by atoms with Crippen LogP contribution in [0.15, 0.2) is 27.3 Å². The molecule has 0 radical (unpaired) electrons. The van der Waals surface area contributed by atoms with E-state index < -0.39 is 0 Å². The van der Waals surface area contributed by atoms with Crippen LogP contribution in [0.25, 0.3) is 0 Å². The van der Waals surface area contributed by atoms with E-state index in [0.717, 1.165) is 24.4 Å². The highest BCUT2D eigenvalue weighted by Gasteiger charge is 2.42. The third-order valence-electron chi connectivity index (χ3n) is 6.27. The first-order chi connectivity index (χ1) is 9.81. The minimum atomic E-state index is 0.766. The molecular weight excluding hydrogens is 244 g/mol. The molecule has 0 bridgehead atoms. The molecule has 0 aromatic heterocycles. The molecule has 0 saturated heterocycles. The zero-order chi connectivity index (χ0) is 13.3. The topological polar surface area (TPSA) is 15.6 Å². The fourth-order valence-electron chi connectivity index (χ4n) is 5.14. The van der Waals surface area contributed by atoms with Gasteiger partial charge < -0.3 is 0 Å². The van der Waals surface area contributed by atoms with Crippen molar-refractivity contribution in [1.82, 2.24) is 4.90 Å². The summed E-state index contributed by atoms with van der Waals surface area (Å²) in [6.07, 6.45) is 9.54. The first-order valence-electron chi connectivity index (χ1n) is 8.49. The molecule has 1 fully saturated rings. The molecule has 0 amide bonds. The van der Waals surface area contributed by atoms with Gasteiger partial charge in [0.05, 0.1) is 0 Å². The lowest BCUT2D eigenvalue weighted by Crippen LogP contribution is -2.41. The van der Waals surface area contributed by atoms with Crippen molar-refractivity contribution in [1.29, 1.82) is 0 Å². The number of aliphatic imine (C=N–C) groups is 1. The second-order valence-corrected chi connectivity index (χ2v) is 7.54. The summed E-state index contributed by atoms with van der Waals surface area (Å²) in [6.45, 7) is 2.31. The van der Waals surface area contributed by atoms with Crippen LogP contribution >= 0.6 is 0 Å². The lowest BCUT2D eigenvalue weighted by atomic mass is 9.71. The van der Waals surface area contributed by atoms with Crippen molar-refractivity contribution in [2.45, 2.75) is 51.0 Å². The van der Waals surface area contributed by atoms with Gasteiger partial charge in [-0.2, -0.15) is 0 Å². The fourth-order valence-corrected chi connectivity index (χ4v) is 5.14. The number of hydrogen-bond donors (Lipinski definition) is 0. The summed E-state index contributed by atoms with van der Waals surface area (Å²) in [6, 6.07) is 0.848. The normalized spacial score (nSPS) is 37.0. The number of rotatable bonds is 1. The minimum absolute atomic E-state index is 0.766. The highest BCUT2D eigenvalue weighted by molar-refractivity contribution is 6.04. The highest BCUT2D eigenvalue weighted by Crippen LogP contribution is 2.49. The van der Waals surface area contributed by atoms with Gasteiger partial charge in [0.2, 0.25) is 0 Å². The third kappa shape index (κ3) is 1.57. The summed E-state index contributed by atoms with van der Waals surface area (Å²) in [5.74, 6) is 1.77. The van der Waals surface area contributed by atoms with Gasteiger partial charge in [-0.15, -0.1) is 0 Å². The number of hydrogen-bond acceptors (Lipinski definition) is 2. The van der Waals surface area contributed by atoms with Crippen LogP contribution in [-0.2, 0) is 0 Å². The molecule has 2 aliphatic heterocycles.